The molecular weight excluding hydrogens is 493 g/mol. The van der Waals surface area contributed by atoms with Gasteiger partial charge in [0.15, 0.2) is 5.82 Å². The number of hydrogen-bond donors (Lipinski definition) is 2. The molecule has 1 aromatic heterocycles. The van der Waals surface area contributed by atoms with E-state index in [4.69, 9.17) is 9.31 Å². The van der Waals surface area contributed by atoms with Crippen LogP contribution in [0.3, 0.4) is 0 Å². The molecule has 4 rings (SSSR count). The van der Waals surface area contributed by atoms with Crippen LogP contribution in [0.1, 0.15) is 38.1 Å². The average molecular weight is 519 g/mol. The maximum Gasteiger partial charge on any atom is 0.494 e. The van der Waals surface area contributed by atoms with Crippen LogP contribution >= 0.6 is 0 Å². The summed E-state index contributed by atoms with van der Waals surface area (Å²) in [6.45, 7) is 6.38. The molecule has 0 aliphatic carbocycles. The Morgan fingerprint density at radius 2 is 1.68 bits per heavy atom. The maximum atomic E-state index is 14.5. The van der Waals surface area contributed by atoms with Crippen LogP contribution in [-0.4, -0.2) is 51.7 Å². The summed E-state index contributed by atoms with van der Waals surface area (Å²) in [5, 5.41) is 9.04. The van der Waals surface area contributed by atoms with E-state index in [1.807, 2.05) is 52.0 Å². The van der Waals surface area contributed by atoms with Gasteiger partial charge in [-0.15, -0.1) is 5.10 Å². The number of nitrogens with zero attached hydrogens (tertiary/aromatic N) is 3. The minimum atomic E-state index is -4.60. The van der Waals surface area contributed by atoms with Crippen molar-refractivity contribution in [2.45, 2.75) is 45.1 Å². The Morgan fingerprint density at radius 3 is 2.24 bits per heavy atom. The fourth-order valence-electron chi connectivity index (χ4n) is 3.56. The molecule has 2 heterocycles. The van der Waals surface area contributed by atoms with Gasteiger partial charge in [0.05, 0.1) is 16.8 Å². The smallest absolute Gasteiger partial charge is 0.399 e. The van der Waals surface area contributed by atoms with Crippen molar-refractivity contribution >= 4 is 30.1 Å². The van der Waals surface area contributed by atoms with E-state index >= 15 is 0 Å². The zero-order chi connectivity index (χ0) is 27.2. The average Bonchev–Trinajstić information content (AvgIpc) is 3.27. The molecule has 196 valence electrons. The van der Waals surface area contributed by atoms with Gasteiger partial charge in [0, 0.05) is 18.3 Å². The molecule has 13 heteroatoms. The summed E-state index contributed by atoms with van der Waals surface area (Å²) in [7, 11) is 1.15. The highest BCUT2D eigenvalue weighted by atomic mass is 19.4. The first-order valence-corrected chi connectivity index (χ1v) is 11.4. The number of carbonyl (C=O) groups excluding carboxylic acids is 1. The van der Waals surface area contributed by atoms with Gasteiger partial charge in [-0.1, -0.05) is 18.2 Å². The lowest BCUT2D eigenvalue weighted by molar-refractivity contribution is -0.123. The lowest BCUT2D eigenvalue weighted by Crippen LogP contribution is -2.41. The number of nitrogens with one attached hydrogen (secondary N) is 2. The Morgan fingerprint density at radius 1 is 1.05 bits per heavy atom. The highest BCUT2D eigenvalue weighted by Gasteiger charge is 2.51. The lowest BCUT2D eigenvalue weighted by Gasteiger charge is -2.32. The van der Waals surface area contributed by atoms with Gasteiger partial charge in [0.25, 0.3) is 5.91 Å². The van der Waals surface area contributed by atoms with Crippen LogP contribution in [0.4, 0.5) is 29.2 Å². The van der Waals surface area contributed by atoms with Crippen LogP contribution < -0.4 is 16.1 Å². The maximum absolute atomic E-state index is 14.5. The van der Waals surface area contributed by atoms with E-state index < -0.39 is 48.3 Å². The number of anilines is 2. The number of aromatic nitrogens is 3. The minimum Gasteiger partial charge on any atom is -0.399 e. The molecule has 0 radical (unpaired) electrons. The first-order valence-electron chi connectivity index (χ1n) is 11.4. The SMILES string of the molecule is Cn1nc(-c2ccc(C(=O)NCC(F)(F)F)c(F)c2)nc1Nc1ccc(B2OC(C)(C)C(C)(C)O2)cc1. The lowest BCUT2D eigenvalue weighted by atomic mass is 9.79. The highest BCUT2D eigenvalue weighted by Crippen LogP contribution is 2.36. The van der Waals surface area contributed by atoms with Crippen LogP contribution in [-0.2, 0) is 16.4 Å². The number of alkyl halides is 3. The van der Waals surface area contributed by atoms with Crippen LogP contribution in [0.15, 0.2) is 42.5 Å². The Labute approximate surface area is 211 Å². The predicted molar refractivity (Wildman–Crippen MR) is 130 cm³/mol. The zero-order valence-electron chi connectivity index (χ0n) is 20.9. The van der Waals surface area contributed by atoms with E-state index in [2.05, 4.69) is 15.4 Å². The number of amides is 1. The number of aryl methyl sites for hydroxylation is 1. The first kappa shape index (κ1) is 26.6. The Kier molecular flexibility index (Phi) is 6.80. The summed E-state index contributed by atoms with van der Waals surface area (Å²) in [6, 6.07) is 10.9. The summed E-state index contributed by atoms with van der Waals surface area (Å²) in [5.74, 6) is -1.62. The Balaban J connectivity index is 1.45. The Bertz CT molecular complexity index is 1290. The van der Waals surface area contributed by atoms with Crippen molar-refractivity contribution in [1.29, 1.82) is 0 Å². The summed E-state index contributed by atoms with van der Waals surface area (Å²) < 4.78 is 65.0. The fraction of sp³-hybridized carbons (Fsp3) is 0.375. The number of halogens is 4. The van der Waals surface area contributed by atoms with Crippen molar-refractivity contribution in [3.05, 3.63) is 53.8 Å². The summed E-state index contributed by atoms with van der Waals surface area (Å²) in [4.78, 5) is 16.3. The molecule has 2 N–H and O–H groups in total. The predicted octanol–water partition coefficient (Wildman–Crippen LogP) is 3.96. The number of carbonyl (C=O) groups is 1. The number of rotatable bonds is 6. The standard InChI is InChI=1S/C24H26BF4N5O3/c1-22(2)23(3,4)37-25(36-22)15-7-9-16(10-8-15)31-21-32-19(33-34(21)5)14-6-11-17(18(26)12-14)20(35)30-13-24(27,28)29/h6-12H,13H2,1-5H3,(H,30,35)(H,31,32,33). The molecule has 0 atom stereocenters. The van der Waals surface area contributed by atoms with E-state index in [0.717, 1.165) is 17.6 Å². The molecule has 1 aliphatic rings. The van der Waals surface area contributed by atoms with Crippen LogP contribution in [0.25, 0.3) is 11.4 Å². The van der Waals surface area contributed by atoms with Crippen molar-refractivity contribution in [3.8, 4) is 11.4 Å². The molecule has 0 bridgehead atoms. The molecule has 0 saturated carbocycles. The van der Waals surface area contributed by atoms with Crippen molar-refractivity contribution in [2.24, 2.45) is 7.05 Å². The summed E-state index contributed by atoms with van der Waals surface area (Å²) in [5.41, 5.74) is 0.416. The molecule has 0 spiro atoms. The van der Waals surface area contributed by atoms with Gasteiger partial charge < -0.3 is 19.9 Å². The molecule has 1 fully saturated rings. The van der Waals surface area contributed by atoms with Gasteiger partial charge in [0.2, 0.25) is 5.95 Å². The third kappa shape index (κ3) is 5.77. The van der Waals surface area contributed by atoms with E-state index in [-0.39, 0.29) is 11.4 Å². The van der Waals surface area contributed by atoms with Crippen molar-refractivity contribution in [1.82, 2.24) is 20.1 Å². The van der Waals surface area contributed by atoms with Crippen molar-refractivity contribution in [3.63, 3.8) is 0 Å². The zero-order valence-corrected chi connectivity index (χ0v) is 20.9. The topological polar surface area (TPSA) is 90.3 Å². The van der Waals surface area contributed by atoms with Gasteiger partial charge in [-0.2, -0.15) is 18.2 Å². The van der Waals surface area contributed by atoms with Crippen molar-refractivity contribution in [2.75, 3.05) is 11.9 Å². The molecule has 2 aromatic carbocycles. The normalized spacial score (nSPS) is 16.6. The monoisotopic (exact) mass is 519 g/mol. The fourth-order valence-corrected chi connectivity index (χ4v) is 3.56. The minimum absolute atomic E-state index is 0.167. The van der Waals surface area contributed by atoms with E-state index in [1.54, 1.807) is 12.4 Å². The van der Waals surface area contributed by atoms with Gasteiger partial charge in [-0.25, -0.2) is 9.07 Å². The quantitative estimate of drug-likeness (QED) is 0.379. The van der Waals surface area contributed by atoms with Crippen molar-refractivity contribution < 1.29 is 31.7 Å². The van der Waals surface area contributed by atoms with Crippen LogP contribution in [0, 0.1) is 5.82 Å². The van der Waals surface area contributed by atoms with Gasteiger partial charge >= 0.3 is 13.3 Å². The Hall–Kier alpha value is -3.45. The summed E-state index contributed by atoms with van der Waals surface area (Å²) in [6.07, 6.45) is -4.60. The molecule has 1 saturated heterocycles. The number of hydrogen-bond acceptors (Lipinski definition) is 6. The molecular formula is C24H26BF4N5O3. The van der Waals surface area contributed by atoms with E-state index in [0.29, 0.717) is 11.6 Å². The second-order valence-electron chi connectivity index (χ2n) is 9.71. The van der Waals surface area contributed by atoms with Crippen LogP contribution in [0.2, 0.25) is 0 Å². The first-order chi connectivity index (χ1) is 17.1. The molecule has 37 heavy (non-hydrogen) atoms. The third-order valence-electron chi connectivity index (χ3n) is 6.38. The highest BCUT2D eigenvalue weighted by molar-refractivity contribution is 6.62. The summed E-state index contributed by atoms with van der Waals surface area (Å²) >= 11 is 0. The molecule has 3 aromatic rings. The van der Waals surface area contributed by atoms with E-state index in [9.17, 15) is 22.4 Å². The van der Waals surface area contributed by atoms with Gasteiger partial charge in [-0.05, 0) is 57.4 Å². The largest absolute Gasteiger partial charge is 0.494 e. The van der Waals surface area contributed by atoms with Gasteiger partial charge in [-0.3, -0.25) is 4.79 Å². The number of benzene rings is 2. The second kappa shape index (κ2) is 9.45. The third-order valence-corrected chi connectivity index (χ3v) is 6.38. The molecule has 1 amide bonds. The molecule has 8 nitrogen and oxygen atoms in total. The van der Waals surface area contributed by atoms with E-state index in [1.165, 1.54) is 10.7 Å². The van der Waals surface area contributed by atoms with Gasteiger partial charge in [0.1, 0.15) is 12.4 Å². The molecule has 0 unspecified atom stereocenters. The molecule has 1 aliphatic heterocycles. The van der Waals surface area contributed by atoms with Crippen LogP contribution in [0.5, 0.6) is 0 Å². The second-order valence-corrected chi connectivity index (χ2v) is 9.71.